The van der Waals surface area contributed by atoms with Crippen LogP contribution in [0.25, 0.3) is 0 Å². The van der Waals surface area contributed by atoms with E-state index in [4.69, 9.17) is 0 Å². The summed E-state index contributed by atoms with van der Waals surface area (Å²) in [5.74, 6) is -0.447. The predicted molar refractivity (Wildman–Crippen MR) is 101 cm³/mol. The molecule has 1 aromatic heterocycles. The number of nitriles is 1. The van der Waals surface area contributed by atoms with Gasteiger partial charge < -0.3 is 10.2 Å². The van der Waals surface area contributed by atoms with Crippen LogP contribution < -0.4 is 5.32 Å². The maximum Gasteiger partial charge on any atom is 0.256 e. The zero-order chi connectivity index (χ0) is 19.8. The maximum atomic E-state index is 12.5. The monoisotopic (exact) mass is 403 g/mol. The summed E-state index contributed by atoms with van der Waals surface area (Å²) in [5.41, 5.74) is 1.60. The fourth-order valence-corrected chi connectivity index (χ4v) is 4.75. The smallest absolute Gasteiger partial charge is 0.256 e. The summed E-state index contributed by atoms with van der Waals surface area (Å²) in [4.78, 5) is 26.8. The quantitative estimate of drug-likeness (QED) is 0.845. The summed E-state index contributed by atoms with van der Waals surface area (Å²) in [6.07, 6.45) is 1.68. The molecule has 1 aromatic carbocycles. The topological polar surface area (TPSA) is 107 Å². The molecule has 1 N–H and O–H groups in total. The van der Waals surface area contributed by atoms with Crippen molar-refractivity contribution in [3.8, 4) is 6.07 Å². The van der Waals surface area contributed by atoms with Crippen molar-refractivity contribution >= 4 is 38.0 Å². The Labute approximate surface area is 161 Å². The van der Waals surface area contributed by atoms with Gasteiger partial charge in [-0.15, -0.1) is 11.3 Å². The second-order valence-electron chi connectivity index (χ2n) is 6.26. The summed E-state index contributed by atoms with van der Waals surface area (Å²) in [5, 5.41) is 12.7. The van der Waals surface area contributed by atoms with Gasteiger partial charge in [-0.2, -0.15) is 5.26 Å². The zero-order valence-corrected chi connectivity index (χ0v) is 16.4. The van der Waals surface area contributed by atoms with Gasteiger partial charge in [0.25, 0.3) is 5.91 Å². The molecule has 0 bridgehead atoms. The van der Waals surface area contributed by atoms with Gasteiger partial charge in [-0.05, 0) is 36.2 Å². The average molecular weight is 403 g/mol. The number of carbonyl (C=O) groups excluding carboxylic acids is 2. The minimum Gasteiger partial charge on any atom is -0.337 e. The second-order valence-corrected chi connectivity index (χ2v) is 9.38. The van der Waals surface area contributed by atoms with Gasteiger partial charge >= 0.3 is 0 Å². The number of carbonyl (C=O) groups is 2. The lowest BCUT2D eigenvalue weighted by Gasteiger charge is -2.25. The fraction of sp³-hybridized carbons (Fsp3) is 0.278. The van der Waals surface area contributed by atoms with Gasteiger partial charge in [0.05, 0.1) is 17.0 Å². The van der Waals surface area contributed by atoms with Crippen molar-refractivity contribution in [1.82, 2.24) is 4.90 Å². The third-order valence-corrected chi connectivity index (χ3v) is 6.65. The molecule has 1 aliphatic rings. The molecule has 3 rings (SSSR count). The molecule has 1 aliphatic heterocycles. The fourth-order valence-electron chi connectivity index (χ4n) is 2.91. The van der Waals surface area contributed by atoms with Crippen LogP contribution >= 0.6 is 11.3 Å². The number of fused-ring (bicyclic) bond motifs is 1. The normalized spacial score (nSPS) is 13.6. The van der Waals surface area contributed by atoms with Crippen molar-refractivity contribution in [3.63, 3.8) is 0 Å². The van der Waals surface area contributed by atoms with Gasteiger partial charge in [0.15, 0.2) is 9.84 Å². The first-order valence-corrected chi connectivity index (χ1v) is 10.8. The number of nitrogens with zero attached hydrogens (tertiary/aromatic N) is 2. The Bertz CT molecular complexity index is 1060. The third-order valence-electron chi connectivity index (χ3n) is 4.39. The number of anilines is 1. The molecule has 0 aliphatic carbocycles. The van der Waals surface area contributed by atoms with Crippen molar-refractivity contribution < 1.29 is 18.0 Å². The Kier molecular flexibility index (Phi) is 5.04. The molecule has 2 heterocycles. The predicted octanol–water partition coefficient (Wildman–Crippen LogP) is 2.18. The molecule has 0 fully saturated rings. The molecular weight excluding hydrogens is 386 g/mol. The highest BCUT2D eigenvalue weighted by atomic mass is 32.2. The summed E-state index contributed by atoms with van der Waals surface area (Å²) < 4.78 is 23.0. The van der Waals surface area contributed by atoms with Crippen molar-refractivity contribution in [2.24, 2.45) is 0 Å². The molecule has 0 radical (unpaired) electrons. The van der Waals surface area contributed by atoms with Crippen LogP contribution in [0.4, 0.5) is 5.00 Å². The van der Waals surface area contributed by atoms with Gasteiger partial charge in [0, 0.05) is 30.2 Å². The first kappa shape index (κ1) is 19.1. The lowest BCUT2D eigenvalue weighted by molar-refractivity contribution is -0.129. The second kappa shape index (κ2) is 7.13. The van der Waals surface area contributed by atoms with Gasteiger partial charge in [-0.3, -0.25) is 9.59 Å². The third kappa shape index (κ3) is 3.86. The van der Waals surface area contributed by atoms with Crippen molar-refractivity contribution in [2.75, 3.05) is 18.1 Å². The van der Waals surface area contributed by atoms with Gasteiger partial charge in [-0.1, -0.05) is 0 Å². The standard InChI is InChI=1S/C18H17N3O4S2/c1-11(22)21-8-7-14-15(9-19)18(26-16(14)10-21)20-17(23)12-3-5-13(6-4-12)27(2,24)25/h3-6H,7-8,10H2,1-2H3,(H,20,23). The van der Waals surface area contributed by atoms with Crippen LogP contribution in [0.15, 0.2) is 29.2 Å². The van der Waals surface area contributed by atoms with E-state index in [2.05, 4.69) is 11.4 Å². The minimum atomic E-state index is -3.33. The molecular formula is C18H17N3O4S2. The SMILES string of the molecule is CC(=O)N1CCc2c(sc(NC(=O)c3ccc(S(C)(=O)=O)cc3)c2C#N)C1. The number of amides is 2. The first-order chi connectivity index (χ1) is 12.7. The minimum absolute atomic E-state index is 0.0240. The molecule has 7 nitrogen and oxygen atoms in total. The Morgan fingerprint density at radius 2 is 1.93 bits per heavy atom. The number of nitrogens with one attached hydrogen (secondary N) is 1. The summed E-state index contributed by atoms with van der Waals surface area (Å²) in [6, 6.07) is 7.76. The summed E-state index contributed by atoms with van der Waals surface area (Å²) in [7, 11) is -3.33. The van der Waals surface area contributed by atoms with Crippen LogP contribution in [0.5, 0.6) is 0 Å². The van der Waals surface area contributed by atoms with Gasteiger partial charge in [-0.25, -0.2) is 8.42 Å². The van der Waals surface area contributed by atoms with E-state index in [1.807, 2.05) is 0 Å². The van der Waals surface area contributed by atoms with Crippen LogP contribution in [-0.4, -0.2) is 37.9 Å². The first-order valence-electron chi connectivity index (χ1n) is 8.12. The van der Waals surface area contributed by atoms with E-state index in [9.17, 15) is 23.3 Å². The Balaban J connectivity index is 1.85. The van der Waals surface area contributed by atoms with Gasteiger partial charge in [0.1, 0.15) is 11.1 Å². The summed E-state index contributed by atoms with van der Waals surface area (Å²) in [6.45, 7) is 2.49. The number of thiophene rings is 1. The van der Waals surface area contributed by atoms with Crippen LogP contribution in [0, 0.1) is 11.3 Å². The van der Waals surface area contributed by atoms with Crippen molar-refractivity contribution in [2.45, 2.75) is 24.8 Å². The Hall–Kier alpha value is -2.70. The van der Waals surface area contributed by atoms with E-state index in [0.717, 1.165) is 16.7 Å². The molecule has 0 unspecified atom stereocenters. The van der Waals surface area contributed by atoms with Crippen molar-refractivity contribution in [3.05, 3.63) is 45.8 Å². The van der Waals surface area contributed by atoms with Crippen LogP contribution in [-0.2, 0) is 27.6 Å². The lowest BCUT2D eigenvalue weighted by Crippen LogP contribution is -2.33. The molecule has 2 aromatic rings. The molecule has 0 saturated heterocycles. The number of rotatable bonds is 3. The van der Waals surface area contributed by atoms with E-state index in [1.165, 1.54) is 42.5 Å². The average Bonchev–Trinajstić information content (AvgIpc) is 2.96. The molecule has 9 heteroatoms. The van der Waals surface area contributed by atoms with Crippen LogP contribution in [0.3, 0.4) is 0 Å². The maximum absolute atomic E-state index is 12.5. The highest BCUT2D eigenvalue weighted by molar-refractivity contribution is 7.90. The number of hydrogen-bond donors (Lipinski definition) is 1. The zero-order valence-electron chi connectivity index (χ0n) is 14.8. The number of sulfone groups is 1. The molecule has 2 amide bonds. The van der Waals surface area contributed by atoms with E-state index in [-0.39, 0.29) is 10.8 Å². The summed E-state index contributed by atoms with van der Waals surface area (Å²) >= 11 is 1.29. The molecule has 0 spiro atoms. The largest absolute Gasteiger partial charge is 0.337 e. The molecule has 0 atom stereocenters. The van der Waals surface area contributed by atoms with E-state index in [0.29, 0.717) is 35.6 Å². The van der Waals surface area contributed by atoms with Gasteiger partial charge in [0.2, 0.25) is 5.91 Å². The van der Waals surface area contributed by atoms with E-state index < -0.39 is 15.7 Å². The number of benzene rings is 1. The van der Waals surface area contributed by atoms with Crippen molar-refractivity contribution in [1.29, 1.82) is 5.26 Å². The Morgan fingerprint density at radius 1 is 1.26 bits per heavy atom. The Morgan fingerprint density at radius 3 is 2.48 bits per heavy atom. The van der Waals surface area contributed by atoms with E-state index >= 15 is 0 Å². The molecule has 27 heavy (non-hydrogen) atoms. The number of hydrogen-bond acceptors (Lipinski definition) is 6. The highest BCUT2D eigenvalue weighted by Gasteiger charge is 2.26. The van der Waals surface area contributed by atoms with Crippen LogP contribution in [0.1, 0.15) is 33.3 Å². The highest BCUT2D eigenvalue weighted by Crippen LogP contribution is 2.36. The molecule has 0 saturated carbocycles. The van der Waals surface area contributed by atoms with Crippen LogP contribution in [0.2, 0.25) is 0 Å². The molecule has 140 valence electrons. The lowest BCUT2D eigenvalue weighted by atomic mass is 10.0. The van der Waals surface area contributed by atoms with E-state index in [1.54, 1.807) is 4.90 Å².